The molecule has 2 fully saturated rings. The van der Waals surface area contributed by atoms with Crippen LogP contribution in [0.2, 0.25) is 5.02 Å². The molecule has 2 heterocycles. The van der Waals surface area contributed by atoms with Crippen LogP contribution in [-0.2, 0) is 20.5 Å². The van der Waals surface area contributed by atoms with Crippen molar-refractivity contribution in [1.29, 1.82) is 0 Å². The molecule has 1 aromatic rings. The fourth-order valence-corrected chi connectivity index (χ4v) is 4.72. The SMILES string of the molecule is CN1CCO[C@H]2CN(S(=O)(=O)Cc3ccc(F)c(Cl)c3)C[C@H]21. The molecule has 0 bridgehead atoms. The van der Waals surface area contributed by atoms with E-state index in [4.69, 9.17) is 16.3 Å². The highest BCUT2D eigenvalue weighted by molar-refractivity contribution is 7.88. The molecule has 0 unspecified atom stereocenters. The maximum absolute atomic E-state index is 13.2. The lowest BCUT2D eigenvalue weighted by atomic mass is 10.1. The van der Waals surface area contributed by atoms with E-state index in [1.165, 1.54) is 22.5 Å². The minimum atomic E-state index is -3.48. The number of ether oxygens (including phenoxy) is 1. The Hall–Kier alpha value is -0.730. The van der Waals surface area contributed by atoms with E-state index in [0.717, 1.165) is 6.54 Å². The number of fused-ring (bicyclic) bond motifs is 1. The molecule has 0 aromatic heterocycles. The normalized spacial score (nSPS) is 27.0. The van der Waals surface area contributed by atoms with Crippen LogP contribution in [-0.4, -0.2) is 63.1 Å². The molecule has 2 aliphatic heterocycles. The van der Waals surface area contributed by atoms with Crippen LogP contribution in [0.4, 0.5) is 4.39 Å². The minimum Gasteiger partial charge on any atom is -0.374 e. The minimum absolute atomic E-state index is 0.0640. The first-order chi connectivity index (χ1) is 10.4. The van der Waals surface area contributed by atoms with Gasteiger partial charge in [-0.3, -0.25) is 4.90 Å². The largest absolute Gasteiger partial charge is 0.374 e. The van der Waals surface area contributed by atoms with Gasteiger partial charge in [0.1, 0.15) is 5.82 Å². The van der Waals surface area contributed by atoms with Gasteiger partial charge in [-0.2, -0.15) is 4.31 Å². The zero-order chi connectivity index (χ0) is 15.9. The smallest absolute Gasteiger partial charge is 0.218 e. The maximum atomic E-state index is 13.2. The van der Waals surface area contributed by atoms with Crippen molar-refractivity contribution in [3.05, 3.63) is 34.6 Å². The molecule has 122 valence electrons. The van der Waals surface area contributed by atoms with E-state index < -0.39 is 15.8 Å². The summed E-state index contributed by atoms with van der Waals surface area (Å²) in [7, 11) is -1.50. The van der Waals surface area contributed by atoms with Gasteiger partial charge in [0, 0.05) is 19.6 Å². The molecule has 0 N–H and O–H groups in total. The summed E-state index contributed by atoms with van der Waals surface area (Å²) in [6.07, 6.45) is -0.0784. The summed E-state index contributed by atoms with van der Waals surface area (Å²) in [5, 5.41) is -0.0640. The molecule has 0 radical (unpaired) electrons. The molecule has 22 heavy (non-hydrogen) atoms. The second kappa shape index (κ2) is 6.05. The topological polar surface area (TPSA) is 49.9 Å². The van der Waals surface area contributed by atoms with E-state index in [9.17, 15) is 12.8 Å². The quantitative estimate of drug-likeness (QED) is 0.826. The third-order valence-electron chi connectivity index (χ3n) is 4.27. The number of likely N-dealkylation sites (N-methyl/N-ethyl adjacent to an activating group) is 1. The molecular weight excluding hydrogens is 331 g/mol. The molecule has 2 saturated heterocycles. The van der Waals surface area contributed by atoms with Crippen LogP contribution in [0.5, 0.6) is 0 Å². The second-order valence-electron chi connectivity index (χ2n) is 5.78. The van der Waals surface area contributed by atoms with Crippen molar-refractivity contribution in [2.24, 2.45) is 0 Å². The summed E-state index contributed by atoms with van der Waals surface area (Å²) in [5.41, 5.74) is 0.482. The van der Waals surface area contributed by atoms with Gasteiger partial charge >= 0.3 is 0 Å². The Kier molecular flexibility index (Phi) is 4.44. The number of benzene rings is 1. The average molecular weight is 349 g/mol. The van der Waals surface area contributed by atoms with Gasteiger partial charge in [-0.25, -0.2) is 12.8 Å². The van der Waals surface area contributed by atoms with Crippen molar-refractivity contribution in [1.82, 2.24) is 9.21 Å². The zero-order valence-electron chi connectivity index (χ0n) is 12.2. The number of halogens is 2. The highest BCUT2D eigenvalue weighted by atomic mass is 35.5. The molecule has 0 spiro atoms. The fourth-order valence-electron chi connectivity index (χ4n) is 2.98. The van der Waals surface area contributed by atoms with E-state index in [2.05, 4.69) is 4.90 Å². The van der Waals surface area contributed by atoms with Crippen LogP contribution in [0, 0.1) is 5.82 Å². The molecule has 0 saturated carbocycles. The Balaban J connectivity index is 1.74. The molecule has 5 nitrogen and oxygen atoms in total. The molecule has 3 rings (SSSR count). The third-order valence-corrected chi connectivity index (χ3v) is 6.34. The predicted molar refractivity (Wildman–Crippen MR) is 81.8 cm³/mol. The number of rotatable bonds is 3. The summed E-state index contributed by atoms with van der Waals surface area (Å²) in [6, 6.07) is 4.10. The Morgan fingerprint density at radius 1 is 1.41 bits per heavy atom. The standard InChI is InChI=1S/C14H18ClFN2O3S/c1-17-4-5-21-14-8-18(7-13(14)17)22(19,20)9-10-2-3-12(16)11(15)6-10/h2-3,6,13-14H,4-5,7-9H2,1H3/t13-,14+/m1/s1. The van der Waals surface area contributed by atoms with Crippen molar-refractivity contribution in [2.75, 3.05) is 33.3 Å². The lowest BCUT2D eigenvalue weighted by Gasteiger charge is -2.33. The summed E-state index contributed by atoms with van der Waals surface area (Å²) in [6.45, 7) is 2.23. The van der Waals surface area contributed by atoms with Crippen LogP contribution < -0.4 is 0 Å². The molecule has 1 aromatic carbocycles. The van der Waals surface area contributed by atoms with E-state index in [1.807, 2.05) is 7.05 Å². The zero-order valence-corrected chi connectivity index (χ0v) is 13.8. The van der Waals surface area contributed by atoms with Gasteiger partial charge in [-0.15, -0.1) is 0 Å². The number of hydrogen-bond acceptors (Lipinski definition) is 4. The van der Waals surface area contributed by atoms with Crippen LogP contribution in [0.3, 0.4) is 0 Å². The van der Waals surface area contributed by atoms with Gasteiger partial charge < -0.3 is 4.74 Å². The van der Waals surface area contributed by atoms with E-state index in [1.54, 1.807) is 0 Å². The predicted octanol–water partition coefficient (Wildman–Crippen LogP) is 1.32. The molecule has 8 heteroatoms. The van der Waals surface area contributed by atoms with Crippen molar-refractivity contribution in [3.8, 4) is 0 Å². The monoisotopic (exact) mass is 348 g/mol. The van der Waals surface area contributed by atoms with Gasteiger partial charge in [0.15, 0.2) is 0 Å². The van der Waals surface area contributed by atoms with E-state index in [-0.39, 0.29) is 22.9 Å². The van der Waals surface area contributed by atoms with E-state index >= 15 is 0 Å². The number of sulfonamides is 1. The summed E-state index contributed by atoms with van der Waals surface area (Å²) in [5.74, 6) is -0.735. The van der Waals surface area contributed by atoms with Crippen molar-refractivity contribution in [2.45, 2.75) is 17.9 Å². The van der Waals surface area contributed by atoms with Crippen LogP contribution >= 0.6 is 11.6 Å². The Morgan fingerprint density at radius 2 is 2.18 bits per heavy atom. The highest BCUT2D eigenvalue weighted by Crippen LogP contribution is 2.26. The lowest BCUT2D eigenvalue weighted by molar-refractivity contribution is -0.0366. The molecule has 0 aliphatic carbocycles. The van der Waals surface area contributed by atoms with Crippen molar-refractivity contribution >= 4 is 21.6 Å². The molecule has 2 atom stereocenters. The maximum Gasteiger partial charge on any atom is 0.218 e. The third kappa shape index (κ3) is 3.14. The van der Waals surface area contributed by atoms with Gasteiger partial charge in [0.2, 0.25) is 10.0 Å². The van der Waals surface area contributed by atoms with Crippen molar-refractivity contribution in [3.63, 3.8) is 0 Å². The highest BCUT2D eigenvalue weighted by Gasteiger charge is 2.42. The number of hydrogen-bond donors (Lipinski definition) is 0. The van der Waals surface area contributed by atoms with Crippen molar-refractivity contribution < 1.29 is 17.5 Å². The first-order valence-electron chi connectivity index (χ1n) is 7.10. The van der Waals surface area contributed by atoms with Crippen LogP contribution in [0.1, 0.15) is 5.56 Å². The van der Waals surface area contributed by atoms with Gasteiger partial charge in [-0.05, 0) is 24.7 Å². The first-order valence-corrected chi connectivity index (χ1v) is 9.09. The Bertz CT molecular complexity index is 670. The van der Waals surface area contributed by atoms with Crippen LogP contribution in [0.15, 0.2) is 18.2 Å². The molecule has 0 amide bonds. The van der Waals surface area contributed by atoms with Gasteiger partial charge in [-0.1, -0.05) is 17.7 Å². The fraction of sp³-hybridized carbons (Fsp3) is 0.571. The number of nitrogens with zero attached hydrogens (tertiary/aromatic N) is 2. The summed E-state index contributed by atoms with van der Waals surface area (Å²) >= 11 is 5.71. The first kappa shape index (κ1) is 16.1. The Labute approximate surface area is 134 Å². The lowest BCUT2D eigenvalue weighted by Crippen LogP contribution is -2.48. The summed E-state index contributed by atoms with van der Waals surface area (Å²) < 4.78 is 45.4. The van der Waals surface area contributed by atoms with E-state index in [0.29, 0.717) is 25.3 Å². The van der Waals surface area contributed by atoms with Crippen LogP contribution in [0.25, 0.3) is 0 Å². The second-order valence-corrected chi connectivity index (χ2v) is 8.15. The average Bonchev–Trinajstić information content (AvgIpc) is 2.89. The number of morpholine rings is 1. The molecular formula is C14H18ClFN2O3S. The Morgan fingerprint density at radius 3 is 2.86 bits per heavy atom. The molecule has 2 aliphatic rings. The summed E-state index contributed by atoms with van der Waals surface area (Å²) in [4.78, 5) is 2.14. The van der Waals surface area contributed by atoms with Gasteiger partial charge in [0.05, 0.1) is 29.5 Å². The van der Waals surface area contributed by atoms with Gasteiger partial charge in [0.25, 0.3) is 0 Å².